The number of anilines is 1. The van der Waals surface area contributed by atoms with Crippen LogP contribution in [-0.2, 0) is 4.79 Å². The second-order valence-corrected chi connectivity index (χ2v) is 5.05. The number of benzene rings is 1. The number of hydrogen-bond acceptors (Lipinski definition) is 3. The Balaban J connectivity index is 0.00000220. The number of halogens is 3. The Morgan fingerprint density at radius 2 is 2.05 bits per heavy atom. The number of nitrogens with zero attached hydrogens (tertiary/aromatic N) is 1. The molecule has 0 unspecified atom stereocenters. The zero-order chi connectivity index (χ0) is 14.5. The van der Waals surface area contributed by atoms with Crippen LogP contribution in [0, 0.1) is 11.6 Å². The smallest absolute Gasteiger partial charge is 0.225 e. The number of carbonyl (C=O) groups excluding carboxylic acids is 1. The average molecular weight is 320 g/mol. The predicted octanol–water partition coefficient (Wildman–Crippen LogP) is 2.01. The van der Waals surface area contributed by atoms with Crippen molar-refractivity contribution in [3.63, 3.8) is 0 Å². The normalized spacial score (nSPS) is 18.9. The first-order chi connectivity index (χ1) is 9.54. The van der Waals surface area contributed by atoms with Gasteiger partial charge >= 0.3 is 0 Å². The molecule has 0 bridgehead atoms. The summed E-state index contributed by atoms with van der Waals surface area (Å²) in [7, 11) is 0. The zero-order valence-electron chi connectivity index (χ0n) is 11.9. The fourth-order valence-corrected chi connectivity index (χ4v) is 2.31. The van der Waals surface area contributed by atoms with Crippen molar-refractivity contribution >= 4 is 24.0 Å². The number of piperazine rings is 1. The third kappa shape index (κ3) is 5.57. The molecule has 2 N–H and O–H groups in total. The monoisotopic (exact) mass is 319 g/mol. The number of rotatable bonds is 4. The predicted molar refractivity (Wildman–Crippen MR) is 80.8 cm³/mol. The molecule has 1 atom stereocenters. The van der Waals surface area contributed by atoms with E-state index < -0.39 is 11.6 Å². The van der Waals surface area contributed by atoms with Gasteiger partial charge in [-0.05, 0) is 19.1 Å². The Bertz CT molecular complexity index is 467. The van der Waals surface area contributed by atoms with Gasteiger partial charge in [-0.15, -0.1) is 12.4 Å². The van der Waals surface area contributed by atoms with E-state index >= 15 is 0 Å². The maximum atomic E-state index is 13.0. The third-order valence-corrected chi connectivity index (χ3v) is 3.41. The summed E-state index contributed by atoms with van der Waals surface area (Å²) in [4.78, 5) is 14.0. The summed E-state index contributed by atoms with van der Waals surface area (Å²) >= 11 is 0. The Kier molecular flexibility index (Phi) is 7.01. The minimum atomic E-state index is -0.698. The molecule has 0 aromatic heterocycles. The lowest BCUT2D eigenvalue weighted by Gasteiger charge is -2.33. The first-order valence-corrected chi connectivity index (χ1v) is 6.75. The van der Waals surface area contributed by atoms with Crippen LogP contribution in [0.1, 0.15) is 13.3 Å². The summed E-state index contributed by atoms with van der Waals surface area (Å²) in [6.45, 7) is 5.49. The summed E-state index contributed by atoms with van der Waals surface area (Å²) in [5.41, 5.74) is 0.154. The highest BCUT2D eigenvalue weighted by molar-refractivity contribution is 5.90. The highest BCUT2D eigenvalue weighted by atomic mass is 35.5. The molecule has 1 saturated heterocycles. The van der Waals surface area contributed by atoms with E-state index in [1.807, 2.05) is 0 Å². The summed E-state index contributed by atoms with van der Waals surface area (Å²) < 4.78 is 26.0. The van der Waals surface area contributed by atoms with Crippen LogP contribution in [0.5, 0.6) is 0 Å². The molecule has 1 amide bonds. The van der Waals surface area contributed by atoms with Crippen molar-refractivity contribution in [1.29, 1.82) is 0 Å². The number of carbonyl (C=O) groups is 1. The van der Waals surface area contributed by atoms with Gasteiger partial charge < -0.3 is 10.6 Å². The maximum absolute atomic E-state index is 13.0. The number of hydrogen-bond donors (Lipinski definition) is 2. The lowest BCUT2D eigenvalue weighted by molar-refractivity contribution is -0.116. The summed E-state index contributed by atoms with van der Waals surface area (Å²) in [6, 6.07) is 3.38. The van der Waals surface area contributed by atoms with Crippen LogP contribution in [0.3, 0.4) is 0 Å². The van der Waals surface area contributed by atoms with Crippen molar-refractivity contribution in [3.05, 3.63) is 29.8 Å². The average Bonchev–Trinajstić information content (AvgIpc) is 2.36. The van der Waals surface area contributed by atoms with Gasteiger partial charge in [-0.1, -0.05) is 0 Å². The van der Waals surface area contributed by atoms with E-state index in [1.165, 1.54) is 0 Å². The molecule has 1 aromatic carbocycles. The minimum Gasteiger partial charge on any atom is -0.326 e. The Morgan fingerprint density at radius 3 is 2.67 bits per heavy atom. The molecule has 0 radical (unpaired) electrons. The van der Waals surface area contributed by atoms with Crippen LogP contribution in [-0.4, -0.2) is 43.0 Å². The van der Waals surface area contributed by atoms with Crippen molar-refractivity contribution in [2.75, 3.05) is 31.5 Å². The molecule has 2 rings (SSSR count). The molecular weight excluding hydrogens is 300 g/mol. The van der Waals surface area contributed by atoms with Crippen molar-refractivity contribution < 1.29 is 13.6 Å². The van der Waals surface area contributed by atoms with Crippen LogP contribution < -0.4 is 10.6 Å². The van der Waals surface area contributed by atoms with E-state index in [2.05, 4.69) is 22.5 Å². The maximum Gasteiger partial charge on any atom is 0.225 e. The molecular formula is C14H20ClF2N3O. The van der Waals surface area contributed by atoms with Crippen LogP contribution in [0.15, 0.2) is 18.2 Å². The standard InChI is InChI=1S/C14H19F2N3O.ClH/c1-10-9-17-3-5-19(10)4-2-14(20)18-13-7-11(15)6-12(16)8-13;/h6-8,10,17H,2-5,9H2,1H3,(H,18,20);1H/t10-;/m1./s1. The van der Waals surface area contributed by atoms with Crippen molar-refractivity contribution in [1.82, 2.24) is 10.2 Å². The largest absolute Gasteiger partial charge is 0.326 e. The summed E-state index contributed by atoms with van der Waals surface area (Å²) in [6.07, 6.45) is 0.308. The van der Waals surface area contributed by atoms with Gasteiger partial charge in [-0.2, -0.15) is 0 Å². The molecule has 1 aliphatic heterocycles. The van der Waals surface area contributed by atoms with Crippen molar-refractivity contribution in [3.8, 4) is 0 Å². The van der Waals surface area contributed by atoms with E-state index in [-0.39, 0.29) is 24.0 Å². The molecule has 1 fully saturated rings. The first kappa shape index (κ1) is 17.8. The molecule has 21 heavy (non-hydrogen) atoms. The quantitative estimate of drug-likeness (QED) is 0.892. The van der Waals surface area contributed by atoms with Crippen LogP contribution in [0.2, 0.25) is 0 Å². The van der Waals surface area contributed by atoms with Gasteiger partial charge in [0.25, 0.3) is 0 Å². The molecule has 0 aliphatic carbocycles. The minimum absolute atomic E-state index is 0. The highest BCUT2D eigenvalue weighted by Crippen LogP contribution is 2.13. The first-order valence-electron chi connectivity index (χ1n) is 6.75. The van der Waals surface area contributed by atoms with Gasteiger partial charge in [-0.3, -0.25) is 9.69 Å². The van der Waals surface area contributed by atoms with E-state index in [0.717, 1.165) is 37.8 Å². The fraction of sp³-hybridized carbons (Fsp3) is 0.500. The lowest BCUT2D eigenvalue weighted by atomic mass is 10.2. The van der Waals surface area contributed by atoms with Crippen molar-refractivity contribution in [2.24, 2.45) is 0 Å². The number of amides is 1. The van der Waals surface area contributed by atoms with E-state index in [9.17, 15) is 13.6 Å². The second-order valence-electron chi connectivity index (χ2n) is 5.05. The Hall–Kier alpha value is -1.24. The van der Waals surface area contributed by atoms with Gasteiger partial charge in [0.05, 0.1) is 0 Å². The SMILES string of the molecule is C[C@@H]1CNCCN1CCC(=O)Nc1cc(F)cc(F)c1.Cl. The van der Waals surface area contributed by atoms with Gasteiger partial charge in [0.2, 0.25) is 5.91 Å². The Labute approximate surface area is 129 Å². The van der Waals surface area contributed by atoms with Gasteiger partial charge in [0, 0.05) is 50.4 Å². The van der Waals surface area contributed by atoms with Gasteiger partial charge in [0.15, 0.2) is 0 Å². The summed E-state index contributed by atoms with van der Waals surface area (Å²) in [5.74, 6) is -1.63. The van der Waals surface area contributed by atoms with Gasteiger partial charge in [-0.25, -0.2) is 8.78 Å². The molecule has 7 heteroatoms. The molecule has 0 spiro atoms. The van der Waals surface area contributed by atoms with Gasteiger partial charge in [0.1, 0.15) is 11.6 Å². The molecule has 1 aliphatic rings. The Morgan fingerprint density at radius 1 is 1.38 bits per heavy atom. The zero-order valence-corrected chi connectivity index (χ0v) is 12.7. The van der Waals surface area contributed by atoms with E-state index in [0.29, 0.717) is 19.0 Å². The molecule has 0 saturated carbocycles. The topological polar surface area (TPSA) is 44.4 Å². The summed E-state index contributed by atoms with van der Waals surface area (Å²) in [5, 5.41) is 5.80. The van der Waals surface area contributed by atoms with E-state index in [1.54, 1.807) is 0 Å². The van der Waals surface area contributed by atoms with Crippen LogP contribution in [0.4, 0.5) is 14.5 Å². The lowest BCUT2D eigenvalue weighted by Crippen LogP contribution is -2.50. The number of nitrogens with one attached hydrogen (secondary N) is 2. The van der Waals surface area contributed by atoms with Crippen molar-refractivity contribution in [2.45, 2.75) is 19.4 Å². The molecule has 1 aromatic rings. The molecule has 1 heterocycles. The van der Waals surface area contributed by atoms with Crippen LogP contribution >= 0.6 is 12.4 Å². The third-order valence-electron chi connectivity index (χ3n) is 3.41. The highest BCUT2D eigenvalue weighted by Gasteiger charge is 2.18. The molecule has 4 nitrogen and oxygen atoms in total. The van der Waals surface area contributed by atoms with Crippen LogP contribution in [0.25, 0.3) is 0 Å². The molecule has 118 valence electrons. The van der Waals surface area contributed by atoms with E-state index in [4.69, 9.17) is 0 Å². The fourth-order valence-electron chi connectivity index (χ4n) is 2.31. The second kappa shape index (κ2) is 8.26.